The topological polar surface area (TPSA) is 64.2 Å². The first-order chi connectivity index (χ1) is 8.91. The van der Waals surface area contributed by atoms with E-state index in [1.54, 1.807) is 6.20 Å². The molecule has 0 aromatic carbocycles. The normalized spacial score (nSPS) is 24.0. The summed E-state index contributed by atoms with van der Waals surface area (Å²) in [4.78, 5) is 14.5. The highest BCUT2D eigenvalue weighted by atomic mass is 79.9. The number of nitrogens with zero attached hydrogens (tertiary/aromatic N) is 3. The quantitative estimate of drug-likeness (QED) is 0.900. The minimum absolute atomic E-state index is 0.0602. The number of hydrogen-bond acceptors (Lipinski definition) is 4. The van der Waals surface area contributed by atoms with E-state index in [9.17, 15) is 4.79 Å². The van der Waals surface area contributed by atoms with Gasteiger partial charge in [-0.2, -0.15) is 5.10 Å². The molecule has 106 valence electrons. The molecule has 0 spiro atoms. The fraction of sp³-hybridized carbons (Fsp3) is 0.692. The van der Waals surface area contributed by atoms with Crippen LogP contribution in [-0.4, -0.2) is 28.4 Å². The summed E-state index contributed by atoms with van der Waals surface area (Å²) in [5.74, 6) is 0. The van der Waals surface area contributed by atoms with Crippen molar-refractivity contribution in [2.24, 2.45) is 5.73 Å². The van der Waals surface area contributed by atoms with E-state index in [2.05, 4.69) is 32.9 Å². The zero-order valence-electron chi connectivity index (χ0n) is 11.6. The van der Waals surface area contributed by atoms with Crippen molar-refractivity contribution in [1.82, 2.24) is 9.78 Å². The van der Waals surface area contributed by atoms with E-state index in [1.165, 1.54) is 4.68 Å². The van der Waals surface area contributed by atoms with Gasteiger partial charge in [-0.25, -0.2) is 4.68 Å². The Morgan fingerprint density at radius 1 is 1.53 bits per heavy atom. The van der Waals surface area contributed by atoms with Crippen LogP contribution in [0.2, 0.25) is 0 Å². The standard InChI is InChI=1S/C13H21BrN4O/c1-8(2)18-13(19)12(14)11(7-16-18)17-5-4-10(15)6-9(17)3/h7-10H,4-6,15H2,1-3H3. The van der Waals surface area contributed by atoms with Crippen LogP contribution in [0.15, 0.2) is 15.5 Å². The van der Waals surface area contributed by atoms with Crippen molar-refractivity contribution in [2.45, 2.75) is 51.7 Å². The molecule has 2 rings (SSSR count). The molecule has 0 bridgehead atoms. The lowest BCUT2D eigenvalue weighted by Gasteiger charge is -2.38. The van der Waals surface area contributed by atoms with Crippen LogP contribution in [0.1, 0.15) is 39.7 Å². The number of hydrogen-bond donors (Lipinski definition) is 1. The third-order valence-electron chi connectivity index (χ3n) is 3.64. The Morgan fingerprint density at radius 2 is 2.21 bits per heavy atom. The van der Waals surface area contributed by atoms with Gasteiger partial charge >= 0.3 is 0 Å². The van der Waals surface area contributed by atoms with E-state index >= 15 is 0 Å². The summed E-state index contributed by atoms with van der Waals surface area (Å²) in [6.45, 7) is 6.90. The second kappa shape index (κ2) is 5.63. The van der Waals surface area contributed by atoms with Crippen LogP contribution in [0.3, 0.4) is 0 Å². The summed E-state index contributed by atoms with van der Waals surface area (Å²) in [7, 11) is 0. The number of aromatic nitrogens is 2. The highest BCUT2D eigenvalue weighted by molar-refractivity contribution is 9.10. The van der Waals surface area contributed by atoms with Crippen LogP contribution in [0.25, 0.3) is 0 Å². The number of piperidine rings is 1. The van der Waals surface area contributed by atoms with E-state index in [-0.39, 0.29) is 17.6 Å². The number of halogens is 1. The highest BCUT2D eigenvalue weighted by Crippen LogP contribution is 2.28. The smallest absolute Gasteiger partial charge is 0.283 e. The molecule has 1 aliphatic heterocycles. The van der Waals surface area contributed by atoms with E-state index in [0.717, 1.165) is 25.1 Å². The van der Waals surface area contributed by atoms with Crippen molar-refractivity contribution in [3.05, 3.63) is 21.0 Å². The molecule has 0 radical (unpaired) electrons. The van der Waals surface area contributed by atoms with Gasteiger partial charge in [-0.1, -0.05) is 0 Å². The first-order valence-electron chi connectivity index (χ1n) is 6.71. The zero-order valence-corrected chi connectivity index (χ0v) is 13.2. The molecule has 2 unspecified atom stereocenters. The fourth-order valence-electron chi connectivity index (χ4n) is 2.57. The minimum Gasteiger partial charge on any atom is -0.366 e. The second-order valence-electron chi connectivity index (χ2n) is 5.51. The van der Waals surface area contributed by atoms with Crippen LogP contribution in [0, 0.1) is 0 Å². The van der Waals surface area contributed by atoms with Gasteiger partial charge in [0.05, 0.1) is 17.9 Å². The Balaban J connectivity index is 2.36. The predicted molar refractivity (Wildman–Crippen MR) is 80.6 cm³/mol. The highest BCUT2D eigenvalue weighted by Gasteiger charge is 2.26. The molecule has 19 heavy (non-hydrogen) atoms. The molecular formula is C13H21BrN4O. The summed E-state index contributed by atoms with van der Waals surface area (Å²) in [6.07, 6.45) is 3.67. The van der Waals surface area contributed by atoms with E-state index in [1.807, 2.05) is 13.8 Å². The summed E-state index contributed by atoms with van der Waals surface area (Å²) in [5, 5.41) is 4.27. The summed E-state index contributed by atoms with van der Waals surface area (Å²) in [6, 6.07) is 0.648. The van der Waals surface area contributed by atoms with E-state index in [4.69, 9.17) is 5.73 Å². The third kappa shape index (κ3) is 2.84. The maximum Gasteiger partial charge on any atom is 0.283 e. The van der Waals surface area contributed by atoms with Gasteiger partial charge in [0, 0.05) is 18.6 Å². The van der Waals surface area contributed by atoms with Crippen LogP contribution < -0.4 is 16.2 Å². The van der Waals surface area contributed by atoms with Crippen LogP contribution in [0.5, 0.6) is 0 Å². The molecule has 1 fully saturated rings. The second-order valence-corrected chi connectivity index (χ2v) is 6.31. The summed E-state index contributed by atoms with van der Waals surface area (Å²) < 4.78 is 2.09. The minimum atomic E-state index is -0.0745. The fourth-order valence-corrected chi connectivity index (χ4v) is 3.08. The molecule has 5 nitrogen and oxygen atoms in total. The molecule has 0 amide bonds. The van der Waals surface area contributed by atoms with Gasteiger partial charge < -0.3 is 10.6 Å². The molecule has 1 saturated heterocycles. The molecular weight excluding hydrogens is 308 g/mol. The molecule has 0 saturated carbocycles. The van der Waals surface area contributed by atoms with E-state index in [0.29, 0.717) is 10.5 Å². The van der Waals surface area contributed by atoms with Crippen molar-refractivity contribution >= 4 is 21.6 Å². The maximum absolute atomic E-state index is 12.2. The van der Waals surface area contributed by atoms with Crippen LogP contribution in [0.4, 0.5) is 5.69 Å². The van der Waals surface area contributed by atoms with Crippen molar-refractivity contribution in [2.75, 3.05) is 11.4 Å². The van der Waals surface area contributed by atoms with Crippen molar-refractivity contribution in [3.63, 3.8) is 0 Å². The van der Waals surface area contributed by atoms with Crippen molar-refractivity contribution in [3.8, 4) is 0 Å². The Kier molecular flexibility index (Phi) is 4.30. The molecule has 2 atom stereocenters. The van der Waals surface area contributed by atoms with Gasteiger partial charge in [0.25, 0.3) is 5.56 Å². The molecule has 0 aliphatic carbocycles. The lowest BCUT2D eigenvalue weighted by Crippen LogP contribution is -2.46. The monoisotopic (exact) mass is 328 g/mol. The maximum atomic E-state index is 12.2. The first kappa shape index (κ1) is 14.5. The number of nitrogens with two attached hydrogens (primary N) is 1. The third-order valence-corrected chi connectivity index (χ3v) is 4.39. The largest absolute Gasteiger partial charge is 0.366 e. The van der Waals surface area contributed by atoms with Crippen molar-refractivity contribution < 1.29 is 0 Å². The lowest BCUT2D eigenvalue weighted by molar-refractivity contribution is 0.426. The predicted octanol–water partition coefficient (Wildman–Crippen LogP) is 1.90. The first-order valence-corrected chi connectivity index (χ1v) is 7.50. The zero-order chi connectivity index (χ0) is 14.2. The average molecular weight is 329 g/mol. The van der Waals surface area contributed by atoms with E-state index < -0.39 is 0 Å². The van der Waals surface area contributed by atoms with Gasteiger partial charge in [0.1, 0.15) is 4.47 Å². The summed E-state index contributed by atoms with van der Waals surface area (Å²) >= 11 is 3.43. The molecule has 2 heterocycles. The van der Waals surface area contributed by atoms with Gasteiger partial charge in [0.2, 0.25) is 0 Å². The number of rotatable bonds is 2. The Morgan fingerprint density at radius 3 is 2.79 bits per heavy atom. The molecule has 1 aromatic heterocycles. The lowest BCUT2D eigenvalue weighted by atomic mass is 9.99. The Labute approximate surface area is 121 Å². The van der Waals surface area contributed by atoms with Gasteiger partial charge in [-0.05, 0) is 49.5 Å². The molecule has 1 aromatic rings. The van der Waals surface area contributed by atoms with Gasteiger partial charge in [-0.3, -0.25) is 4.79 Å². The number of anilines is 1. The van der Waals surface area contributed by atoms with Gasteiger partial charge in [0.15, 0.2) is 0 Å². The molecule has 2 N–H and O–H groups in total. The molecule has 6 heteroatoms. The summed E-state index contributed by atoms with van der Waals surface area (Å²) in [5.41, 5.74) is 6.78. The van der Waals surface area contributed by atoms with Crippen molar-refractivity contribution in [1.29, 1.82) is 0 Å². The molecule has 1 aliphatic rings. The van der Waals surface area contributed by atoms with Crippen LogP contribution >= 0.6 is 15.9 Å². The SMILES string of the molecule is CC1CC(N)CCN1c1cnn(C(C)C)c(=O)c1Br. The van der Waals surface area contributed by atoms with Gasteiger partial charge in [-0.15, -0.1) is 0 Å². The Bertz CT molecular complexity index is 514. The average Bonchev–Trinajstić information content (AvgIpc) is 2.33. The Hall–Kier alpha value is -0.880. The van der Waals surface area contributed by atoms with Crippen LogP contribution in [-0.2, 0) is 0 Å².